The van der Waals surface area contributed by atoms with Gasteiger partial charge in [0.05, 0.1) is 0 Å². The average molecular weight is 496 g/mol. The highest BCUT2D eigenvalue weighted by molar-refractivity contribution is 5.92. The summed E-state index contributed by atoms with van der Waals surface area (Å²) in [5, 5.41) is 5.73. The molecule has 2 aromatic rings. The Labute approximate surface area is 215 Å². The lowest BCUT2D eigenvalue weighted by molar-refractivity contribution is -0.142. The van der Waals surface area contributed by atoms with E-state index >= 15 is 0 Å². The van der Waals surface area contributed by atoms with E-state index in [1.807, 2.05) is 83.1 Å². The molecule has 2 rings (SSSR count). The van der Waals surface area contributed by atoms with Gasteiger partial charge in [0, 0.05) is 19.0 Å². The summed E-state index contributed by atoms with van der Waals surface area (Å²) in [5.74, 6) is -0.615. The fraction of sp³-hybridized carbons (Fsp3) is 0.483. The highest BCUT2D eigenvalue weighted by atomic mass is 16.6. The molecule has 2 N–H and O–H groups in total. The maximum atomic E-state index is 14.0. The third kappa shape index (κ3) is 8.70. The predicted molar refractivity (Wildman–Crippen MR) is 143 cm³/mol. The number of aryl methyl sites for hydroxylation is 2. The van der Waals surface area contributed by atoms with Crippen molar-refractivity contribution in [3.8, 4) is 0 Å². The minimum Gasteiger partial charge on any atom is -0.444 e. The summed E-state index contributed by atoms with van der Waals surface area (Å²) in [4.78, 5) is 41.7. The van der Waals surface area contributed by atoms with E-state index in [-0.39, 0.29) is 30.8 Å². The SMILES string of the molecule is CCN(C(=O)C(Cc1ccccc1)NC(=O)OC(C)(C)C)C(C(=O)NC(C)C)c1cc(C)cc(C)c1. The first-order chi connectivity index (χ1) is 16.8. The number of nitrogens with one attached hydrogen (secondary N) is 2. The van der Waals surface area contributed by atoms with Crippen LogP contribution in [0.4, 0.5) is 4.79 Å². The molecule has 0 aliphatic carbocycles. The van der Waals surface area contributed by atoms with Gasteiger partial charge in [0.15, 0.2) is 0 Å². The molecular weight excluding hydrogens is 454 g/mol. The van der Waals surface area contributed by atoms with Crippen LogP contribution in [0.5, 0.6) is 0 Å². The number of nitrogens with zero attached hydrogens (tertiary/aromatic N) is 1. The Morgan fingerprint density at radius 2 is 1.53 bits per heavy atom. The number of benzene rings is 2. The smallest absolute Gasteiger partial charge is 0.408 e. The largest absolute Gasteiger partial charge is 0.444 e. The van der Waals surface area contributed by atoms with E-state index < -0.39 is 23.8 Å². The van der Waals surface area contributed by atoms with E-state index in [1.54, 1.807) is 20.8 Å². The van der Waals surface area contributed by atoms with Gasteiger partial charge in [0.25, 0.3) is 0 Å². The van der Waals surface area contributed by atoms with Crippen molar-refractivity contribution < 1.29 is 19.1 Å². The second kappa shape index (κ2) is 12.6. The zero-order valence-electron chi connectivity index (χ0n) is 22.8. The first kappa shape index (κ1) is 28.9. The van der Waals surface area contributed by atoms with Crippen molar-refractivity contribution in [3.05, 3.63) is 70.8 Å². The molecule has 0 saturated carbocycles. The molecule has 0 heterocycles. The van der Waals surface area contributed by atoms with Crippen molar-refractivity contribution in [2.75, 3.05) is 6.54 Å². The third-order valence-corrected chi connectivity index (χ3v) is 5.45. The van der Waals surface area contributed by atoms with Crippen LogP contribution in [0, 0.1) is 13.8 Å². The molecule has 0 aromatic heterocycles. The molecule has 0 aliphatic heterocycles. The number of hydrogen-bond donors (Lipinski definition) is 2. The Kier molecular flexibility index (Phi) is 10.1. The van der Waals surface area contributed by atoms with Crippen LogP contribution >= 0.6 is 0 Å². The number of ether oxygens (including phenoxy) is 1. The molecule has 0 radical (unpaired) electrons. The van der Waals surface area contributed by atoms with Gasteiger partial charge >= 0.3 is 6.09 Å². The summed E-state index contributed by atoms with van der Waals surface area (Å²) in [7, 11) is 0. The fourth-order valence-electron chi connectivity index (χ4n) is 4.17. The zero-order valence-corrected chi connectivity index (χ0v) is 22.8. The van der Waals surface area contributed by atoms with E-state index in [9.17, 15) is 14.4 Å². The zero-order chi connectivity index (χ0) is 27.0. The number of carbonyl (C=O) groups excluding carboxylic acids is 3. The molecule has 36 heavy (non-hydrogen) atoms. The predicted octanol–water partition coefficient (Wildman–Crippen LogP) is 4.85. The maximum Gasteiger partial charge on any atom is 0.408 e. The van der Waals surface area contributed by atoms with Crippen LogP contribution < -0.4 is 10.6 Å². The topological polar surface area (TPSA) is 87.7 Å². The molecule has 7 nitrogen and oxygen atoms in total. The number of alkyl carbamates (subject to hydrolysis) is 1. The maximum absolute atomic E-state index is 14.0. The van der Waals surface area contributed by atoms with E-state index in [0.717, 1.165) is 22.3 Å². The Bertz CT molecular complexity index is 1020. The third-order valence-electron chi connectivity index (χ3n) is 5.45. The van der Waals surface area contributed by atoms with Crippen molar-refractivity contribution >= 4 is 17.9 Å². The Morgan fingerprint density at radius 3 is 2.03 bits per heavy atom. The summed E-state index contributed by atoms with van der Waals surface area (Å²) < 4.78 is 5.45. The second-order valence-electron chi connectivity index (χ2n) is 10.5. The molecule has 2 atom stereocenters. The van der Waals surface area contributed by atoms with Crippen LogP contribution in [0.2, 0.25) is 0 Å². The van der Waals surface area contributed by atoms with Gasteiger partial charge in [-0.25, -0.2) is 4.79 Å². The minimum atomic E-state index is -0.914. The molecule has 3 amide bonds. The van der Waals surface area contributed by atoms with Crippen molar-refractivity contribution in [2.45, 2.75) is 85.5 Å². The van der Waals surface area contributed by atoms with Gasteiger partial charge in [-0.05, 0) is 66.5 Å². The van der Waals surface area contributed by atoms with Crippen LogP contribution in [-0.4, -0.2) is 47.0 Å². The van der Waals surface area contributed by atoms with Gasteiger partial charge in [0.2, 0.25) is 11.8 Å². The lowest BCUT2D eigenvalue weighted by Gasteiger charge is -2.34. The number of likely N-dealkylation sites (N-methyl/N-ethyl adjacent to an activating group) is 1. The van der Waals surface area contributed by atoms with E-state index in [4.69, 9.17) is 4.74 Å². The number of hydrogen-bond acceptors (Lipinski definition) is 4. The molecule has 0 fully saturated rings. The van der Waals surface area contributed by atoms with Crippen molar-refractivity contribution in [3.63, 3.8) is 0 Å². The lowest BCUT2D eigenvalue weighted by atomic mass is 9.97. The fourth-order valence-corrected chi connectivity index (χ4v) is 4.17. The van der Waals surface area contributed by atoms with Crippen LogP contribution in [0.15, 0.2) is 48.5 Å². The van der Waals surface area contributed by atoms with Crippen molar-refractivity contribution in [2.24, 2.45) is 0 Å². The summed E-state index contributed by atoms with van der Waals surface area (Å²) >= 11 is 0. The van der Waals surface area contributed by atoms with Crippen LogP contribution in [0.25, 0.3) is 0 Å². The number of rotatable bonds is 9. The lowest BCUT2D eigenvalue weighted by Crippen LogP contribution is -2.54. The van der Waals surface area contributed by atoms with Crippen LogP contribution in [-0.2, 0) is 20.7 Å². The van der Waals surface area contributed by atoms with Gasteiger partial charge < -0.3 is 20.3 Å². The minimum absolute atomic E-state index is 0.0975. The highest BCUT2D eigenvalue weighted by Gasteiger charge is 2.36. The second-order valence-corrected chi connectivity index (χ2v) is 10.5. The highest BCUT2D eigenvalue weighted by Crippen LogP contribution is 2.25. The molecule has 0 spiro atoms. The van der Waals surface area contributed by atoms with Gasteiger partial charge in [-0.2, -0.15) is 0 Å². The van der Waals surface area contributed by atoms with E-state index in [0.29, 0.717) is 0 Å². The monoisotopic (exact) mass is 495 g/mol. The van der Waals surface area contributed by atoms with Crippen LogP contribution in [0.3, 0.4) is 0 Å². The van der Waals surface area contributed by atoms with Crippen molar-refractivity contribution in [1.82, 2.24) is 15.5 Å². The standard InChI is InChI=1S/C29H41N3O4/c1-9-32(25(26(33)30-19(2)3)23-16-20(4)15-21(5)17-23)27(34)24(18-22-13-11-10-12-14-22)31-28(35)36-29(6,7)8/h10-17,19,24-25H,9,18H2,1-8H3,(H,30,33)(H,31,35). The Morgan fingerprint density at radius 1 is 0.944 bits per heavy atom. The van der Waals surface area contributed by atoms with Gasteiger partial charge in [0.1, 0.15) is 17.7 Å². The summed E-state index contributed by atoms with van der Waals surface area (Å²) in [6.45, 7) is 15.1. The molecule has 0 aliphatic rings. The number of amides is 3. The average Bonchev–Trinajstić information content (AvgIpc) is 2.74. The molecule has 2 aromatic carbocycles. The summed E-state index contributed by atoms with van der Waals surface area (Å²) in [6.07, 6.45) is -0.414. The quantitative estimate of drug-likeness (QED) is 0.520. The molecule has 196 valence electrons. The first-order valence-electron chi connectivity index (χ1n) is 12.5. The molecule has 0 saturated heterocycles. The van der Waals surface area contributed by atoms with Gasteiger partial charge in [-0.1, -0.05) is 59.7 Å². The van der Waals surface area contributed by atoms with Gasteiger partial charge in [-0.15, -0.1) is 0 Å². The number of carbonyl (C=O) groups is 3. The molecular formula is C29H41N3O4. The van der Waals surface area contributed by atoms with E-state index in [2.05, 4.69) is 10.6 Å². The van der Waals surface area contributed by atoms with Gasteiger partial charge in [-0.3, -0.25) is 9.59 Å². The Hall–Kier alpha value is -3.35. The summed E-state index contributed by atoms with van der Waals surface area (Å²) in [5.41, 5.74) is 2.91. The molecule has 0 bridgehead atoms. The first-order valence-corrected chi connectivity index (χ1v) is 12.5. The molecule has 2 unspecified atom stereocenters. The van der Waals surface area contributed by atoms with E-state index in [1.165, 1.54) is 4.90 Å². The van der Waals surface area contributed by atoms with Crippen LogP contribution in [0.1, 0.15) is 69.8 Å². The molecule has 7 heteroatoms. The Balaban J connectivity index is 2.50. The van der Waals surface area contributed by atoms with Crippen molar-refractivity contribution in [1.29, 1.82) is 0 Å². The normalized spacial score (nSPS) is 13.0. The summed E-state index contributed by atoms with van der Waals surface area (Å²) in [6, 6.07) is 13.5.